The van der Waals surface area contributed by atoms with Gasteiger partial charge in [-0.1, -0.05) is 171 Å². The Bertz CT molecular complexity index is 2060. The van der Waals surface area contributed by atoms with E-state index in [1.165, 1.54) is 90.3 Å². The summed E-state index contributed by atoms with van der Waals surface area (Å²) in [6.45, 7) is 31.7. The van der Waals surface area contributed by atoms with Crippen LogP contribution in [0, 0.1) is 38.5 Å². The van der Waals surface area contributed by atoms with Gasteiger partial charge in [0.25, 0.3) is 0 Å². The lowest BCUT2D eigenvalue weighted by Gasteiger charge is -2.39. The second-order valence-corrected chi connectivity index (χ2v) is 22.5. The molecule has 2 aliphatic rings. The van der Waals surface area contributed by atoms with Gasteiger partial charge >= 0.3 is 7.12 Å². The van der Waals surface area contributed by atoms with Gasteiger partial charge in [-0.2, -0.15) is 0 Å². The number of hydrogen-bond donors (Lipinski definition) is 0. The molecule has 6 heteroatoms. The van der Waals surface area contributed by atoms with Crippen molar-refractivity contribution in [2.24, 2.45) is 17.8 Å². The molecule has 4 aromatic rings. The molecule has 2 aliphatic heterocycles. The van der Waals surface area contributed by atoms with Gasteiger partial charge in [0.2, 0.25) is 0 Å². The van der Waals surface area contributed by atoms with Crippen LogP contribution in [0.1, 0.15) is 190 Å². The Morgan fingerprint density at radius 1 is 0.652 bits per heavy atom. The van der Waals surface area contributed by atoms with E-state index in [-0.39, 0.29) is 24.6 Å². The van der Waals surface area contributed by atoms with Crippen molar-refractivity contribution in [1.29, 1.82) is 0 Å². The van der Waals surface area contributed by atoms with E-state index in [9.17, 15) is 0 Å². The third-order valence-electron chi connectivity index (χ3n) is 15.9. The first-order chi connectivity index (χ1) is 31.4. The third-order valence-corrected chi connectivity index (χ3v) is 15.9. The molecule has 6 rings (SSSR count). The Kier molecular flexibility index (Phi) is 18.2. The predicted octanol–water partition coefficient (Wildman–Crippen LogP) is 16.3. The van der Waals surface area contributed by atoms with Crippen LogP contribution in [0.15, 0.2) is 84.9 Å². The van der Waals surface area contributed by atoms with E-state index < -0.39 is 11.2 Å². The van der Waals surface area contributed by atoms with Gasteiger partial charge in [0.15, 0.2) is 0 Å². The van der Waals surface area contributed by atoms with E-state index in [2.05, 4.69) is 180 Å². The zero-order chi connectivity index (χ0) is 47.6. The van der Waals surface area contributed by atoms with E-state index in [1.54, 1.807) is 0 Å². The topological polar surface area (TPSA) is 40.2 Å². The summed E-state index contributed by atoms with van der Waals surface area (Å²) >= 11 is 0. The van der Waals surface area contributed by atoms with Gasteiger partial charge in [-0.25, -0.2) is 0 Å². The maximum Gasteiger partial charge on any atom is 0.463 e. The fraction of sp³-hybridized carbons (Fsp3) is 0.600. The van der Waals surface area contributed by atoms with Crippen LogP contribution in [0.3, 0.4) is 0 Å². The van der Waals surface area contributed by atoms with E-state index in [0.29, 0.717) is 6.61 Å². The van der Waals surface area contributed by atoms with Crippen molar-refractivity contribution in [3.8, 4) is 11.5 Å². The molecule has 360 valence electrons. The summed E-state index contributed by atoms with van der Waals surface area (Å²) in [5.41, 5.74) is 8.93. The normalized spacial score (nSPS) is 19.7. The molecule has 0 spiro atoms. The summed E-state index contributed by atoms with van der Waals surface area (Å²) in [7, 11) is -0.358. The van der Waals surface area contributed by atoms with Crippen molar-refractivity contribution in [3.63, 3.8) is 0 Å². The van der Waals surface area contributed by atoms with Crippen LogP contribution in [0.25, 0.3) is 0 Å². The fourth-order valence-corrected chi connectivity index (χ4v) is 10.7. The highest BCUT2D eigenvalue weighted by Crippen LogP contribution is 2.48. The molecular formula is C60H88BNO4. The molecule has 5 atom stereocenters. The first kappa shape index (κ1) is 51.8. The molecule has 1 fully saturated rings. The number of rotatable bonds is 24. The molecule has 0 N–H and O–H groups in total. The maximum absolute atomic E-state index is 7.05. The zero-order valence-corrected chi connectivity index (χ0v) is 43.7. The van der Waals surface area contributed by atoms with Crippen molar-refractivity contribution in [2.45, 2.75) is 215 Å². The molecule has 5 nitrogen and oxygen atoms in total. The monoisotopic (exact) mass is 898 g/mol. The van der Waals surface area contributed by atoms with Crippen LogP contribution in [-0.4, -0.2) is 28.8 Å². The van der Waals surface area contributed by atoms with Gasteiger partial charge in [0, 0.05) is 30.5 Å². The van der Waals surface area contributed by atoms with Gasteiger partial charge in [0.05, 0.1) is 11.2 Å². The summed E-state index contributed by atoms with van der Waals surface area (Å²) in [4.78, 5) is 2.64. The van der Waals surface area contributed by atoms with Crippen LogP contribution in [-0.2, 0) is 35.4 Å². The molecule has 66 heavy (non-hydrogen) atoms. The van der Waals surface area contributed by atoms with Crippen molar-refractivity contribution in [2.75, 3.05) is 0 Å². The smallest absolute Gasteiger partial charge is 0.463 e. The SMILES string of the molecule is CC[C@H](B1OC(C)(C)C(C)(C)O1)[C@H](c1cccc(COc2c(C)c(C)c3c(c2C)CC[C@@](C)(CCC[C@H](C)CCC[C@H](C)CCCC(C)C)O3)c1)N(Cc1ccccc1)Cc1ccccc1. The summed E-state index contributed by atoms with van der Waals surface area (Å²) in [5, 5.41) is 0. The van der Waals surface area contributed by atoms with Crippen molar-refractivity contribution in [1.82, 2.24) is 4.90 Å². The van der Waals surface area contributed by atoms with Crippen LogP contribution < -0.4 is 9.47 Å². The lowest BCUT2D eigenvalue weighted by atomic mass is 9.64. The van der Waals surface area contributed by atoms with Gasteiger partial charge in [0.1, 0.15) is 23.7 Å². The Balaban J connectivity index is 1.17. The summed E-state index contributed by atoms with van der Waals surface area (Å²) in [6, 6.07) is 30.9. The molecule has 0 saturated carbocycles. The minimum absolute atomic E-state index is 0.00674. The first-order valence-corrected chi connectivity index (χ1v) is 26.1. The minimum atomic E-state index is -0.426. The molecule has 0 bridgehead atoms. The zero-order valence-electron chi connectivity index (χ0n) is 43.7. The van der Waals surface area contributed by atoms with Gasteiger partial charge in [-0.05, 0) is 138 Å². The summed E-state index contributed by atoms with van der Waals surface area (Å²) in [6.07, 6.45) is 14.8. The quantitative estimate of drug-likeness (QED) is 0.0655. The van der Waals surface area contributed by atoms with Crippen LogP contribution in [0.5, 0.6) is 11.5 Å². The Morgan fingerprint density at radius 3 is 1.76 bits per heavy atom. The van der Waals surface area contributed by atoms with E-state index in [1.807, 2.05) is 0 Å². The number of fused-ring (bicyclic) bond motifs is 1. The minimum Gasteiger partial charge on any atom is -0.488 e. The highest BCUT2D eigenvalue weighted by Gasteiger charge is 2.55. The Hall–Kier alpha value is -3.58. The van der Waals surface area contributed by atoms with Crippen molar-refractivity contribution in [3.05, 3.63) is 129 Å². The van der Waals surface area contributed by atoms with Gasteiger partial charge in [-0.15, -0.1) is 0 Å². The van der Waals surface area contributed by atoms with E-state index in [4.69, 9.17) is 18.8 Å². The van der Waals surface area contributed by atoms with Crippen LogP contribution in [0.2, 0.25) is 5.82 Å². The standard InChI is InChI=1S/C60H88BNO4/c1-14-54(61-65-58(9,10)59(11,12)66-61)55(62(40-49-30-17-15-18-31-49)41-50-32-19-16-20-33-50)52-35-23-34-51(39-52)42-63-56-46(6)47(7)57-53(48(56)8)36-38-60(13,64-57)37-24-29-45(5)28-22-27-44(4)26-21-25-43(2)3/h15-20,23,30-35,39,43-45,54-55H,14,21-22,24-29,36-38,40-42H2,1-13H3/t44-,45-,54+,55+,60-/m1/s1. The average molecular weight is 898 g/mol. The first-order valence-electron chi connectivity index (χ1n) is 26.1. The van der Waals surface area contributed by atoms with Crippen molar-refractivity contribution >= 4 is 7.12 Å². The molecule has 0 aliphatic carbocycles. The fourth-order valence-electron chi connectivity index (χ4n) is 10.7. The van der Waals surface area contributed by atoms with Crippen molar-refractivity contribution < 1.29 is 18.8 Å². The largest absolute Gasteiger partial charge is 0.488 e. The van der Waals surface area contributed by atoms with E-state index in [0.717, 1.165) is 73.6 Å². The molecule has 1 saturated heterocycles. The number of benzene rings is 4. The van der Waals surface area contributed by atoms with Crippen LogP contribution >= 0.6 is 0 Å². The summed E-state index contributed by atoms with van der Waals surface area (Å²) < 4.78 is 27.7. The lowest BCUT2D eigenvalue weighted by Crippen LogP contribution is -2.41. The number of nitrogens with zero attached hydrogens (tertiary/aromatic N) is 1. The number of ether oxygens (including phenoxy) is 2. The highest BCUT2D eigenvalue weighted by atomic mass is 16.7. The van der Waals surface area contributed by atoms with E-state index >= 15 is 0 Å². The second-order valence-electron chi connectivity index (χ2n) is 22.5. The summed E-state index contributed by atoms with van der Waals surface area (Å²) in [5.74, 6) is 4.63. The molecule has 0 radical (unpaired) electrons. The molecular weight excluding hydrogens is 809 g/mol. The number of hydrogen-bond acceptors (Lipinski definition) is 5. The van der Waals surface area contributed by atoms with Gasteiger partial charge in [-0.3, -0.25) is 4.90 Å². The Labute approximate surface area is 403 Å². The molecule has 0 amide bonds. The Morgan fingerprint density at radius 2 is 1.20 bits per heavy atom. The third kappa shape index (κ3) is 13.4. The lowest BCUT2D eigenvalue weighted by molar-refractivity contribution is 0.00578. The molecule has 2 heterocycles. The second kappa shape index (κ2) is 23.2. The van der Waals surface area contributed by atoms with Gasteiger partial charge < -0.3 is 18.8 Å². The predicted molar refractivity (Wildman–Crippen MR) is 278 cm³/mol. The molecule has 4 aromatic carbocycles. The van der Waals surface area contributed by atoms with Crippen LogP contribution in [0.4, 0.5) is 0 Å². The molecule has 0 unspecified atom stereocenters. The maximum atomic E-state index is 7.05. The molecule has 0 aromatic heterocycles. The average Bonchev–Trinajstić information content (AvgIpc) is 3.50. The highest BCUT2D eigenvalue weighted by molar-refractivity contribution is 6.47.